The highest BCUT2D eigenvalue weighted by atomic mass is 19.4. The molecule has 0 bridgehead atoms. The highest BCUT2D eigenvalue weighted by Crippen LogP contribution is 2.35. The second-order valence-electron chi connectivity index (χ2n) is 4.80. The molecule has 0 atom stereocenters. The molecule has 0 aliphatic carbocycles. The maximum absolute atomic E-state index is 12.3. The Kier molecular flexibility index (Phi) is 3.07. The van der Waals surface area contributed by atoms with Crippen LogP contribution in [0.4, 0.5) is 13.2 Å². The smallest absolute Gasteiger partial charge is 0.465 e. The van der Waals surface area contributed by atoms with Gasteiger partial charge < -0.3 is 14.0 Å². The van der Waals surface area contributed by atoms with Crippen molar-refractivity contribution >= 4 is 16.9 Å². The predicted octanol–water partition coefficient (Wildman–Crippen LogP) is 3.27. The van der Waals surface area contributed by atoms with Crippen molar-refractivity contribution in [1.29, 1.82) is 0 Å². The zero-order valence-electron chi connectivity index (χ0n) is 11.2. The summed E-state index contributed by atoms with van der Waals surface area (Å²) >= 11 is 0. The molecule has 1 aliphatic heterocycles. The third-order valence-electron chi connectivity index (χ3n) is 3.56. The Balaban J connectivity index is 2.18. The van der Waals surface area contributed by atoms with Crippen LogP contribution in [0, 0.1) is 0 Å². The molecule has 112 valence electrons. The number of aryl methyl sites for hydroxylation is 1. The summed E-state index contributed by atoms with van der Waals surface area (Å²) in [6, 6.07) is 4.03. The number of hydrogen-bond acceptors (Lipinski definition) is 3. The van der Waals surface area contributed by atoms with Crippen LogP contribution in [0.3, 0.4) is 0 Å². The molecule has 1 aromatic carbocycles. The van der Waals surface area contributed by atoms with Gasteiger partial charge in [-0.2, -0.15) is 0 Å². The SMILES string of the molecule is COC(=O)c1c2n(c3ccc(OC(F)(F)F)cc13)CCC2. The number of alkyl halides is 3. The van der Waals surface area contributed by atoms with Crippen LogP contribution in [0.1, 0.15) is 22.5 Å². The standard InChI is InChI=1S/C14H12F3NO3/c1-20-13(19)12-9-7-8(21-14(15,16)17)4-5-10(9)18-6-2-3-11(12)18/h4-5,7H,2-3,6H2,1H3. The Labute approximate surface area is 118 Å². The molecule has 0 amide bonds. The van der Waals surface area contributed by atoms with Crippen molar-refractivity contribution in [2.24, 2.45) is 0 Å². The predicted molar refractivity (Wildman–Crippen MR) is 68.3 cm³/mol. The zero-order valence-corrected chi connectivity index (χ0v) is 11.2. The van der Waals surface area contributed by atoms with E-state index in [1.54, 1.807) is 0 Å². The molecule has 0 radical (unpaired) electrons. The molecule has 0 saturated heterocycles. The lowest BCUT2D eigenvalue weighted by Gasteiger charge is -2.09. The lowest BCUT2D eigenvalue weighted by atomic mass is 10.1. The van der Waals surface area contributed by atoms with E-state index in [-0.39, 0.29) is 5.75 Å². The number of carbonyl (C=O) groups excluding carboxylic acids is 1. The van der Waals surface area contributed by atoms with E-state index < -0.39 is 12.3 Å². The van der Waals surface area contributed by atoms with Gasteiger partial charge >= 0.3 is 12.3 Å². The molecule has 0 spiro atoms. The van der Waals surface area contributed by atoms with Crippen LogP contribution in [0.5, 0.6) is 5.75 Å². The van der Waals surface area contributed by atoms with E-state index in [0.29, 0.717) is 17.4 Å². The zero-order chi connectivity index (χ0) is 15.2. The van der Waals surface area contributed by atoms with Crippen LogP contribution in [-0.2, 0) is 17.7 Å². The number of benzene rings is 1. The number of hydrogen-bond donors (Lipinski definition) is 0. The minimum atomic E-state index is -4.76. The van der Waals surface area contributed by atoms with Gasteiger partial charge in [0.1, 0.15) is 5.75 Å². The van der Waals surface area contributed by atoms with E-state index in [9.17, 15) is 18.0 Å². The minimum Gasteiger partial charge on any atom is -0.465 e. The van der Waals surface area contributed by atoms with Crippen LogP contribution in [0.25, 0.3) is 10.9 Å². The molecular weight excluding hydrogens is 287 g/mol. The van der Waals surface area contributed by atoms with Gasteiger partial charge in [-0.25, -0.2) is 4.79 Å². The summed E-state index contributed by atoms with van der Waals surface area (Å²) in [6.07, 6.45) is -3.16. The summed E-state index contributed by atoms with van der Waals surface area (Å²) in [7, 11) is 1.25. The van der Waals surface area contributed by atoms with Gasteiger partial charge in [0.25, 0.3) is 0 Å². The largest absolute Gasteiger partial charge is 0.573 e. The maximum Gasteiger partial charge on any atom is 0.573 e. The normalized spacial score (nSPS) is 14.3. The number of rotatable bonds is 2. The molecule has 0 fully saturated rings. The molecule has 4 nitrogen and oxygen atoms in total. The minimum absolute atomic E-state index is 0.331. The maximum atomic E-state index is 12.3. The Morgan fingerprint density at radius 2 is 2.10 bits per heavy atom. The van der Waals surface area contributed by atoms with Crippen LogP contribution in [-0.4, -0.2) is 24.0 Å². The monoisotopic (exact) mass is 299 g/mol. The van der Waals surface area contributed by atoms with Crippen molar-refractivity contribution in [1.82, 2.24) is 4.57 Å². The third kappa shape index (κ3) is 2.32. The van der Waals surface area contributed by atoms with E-state index >= 15 is 0 Å². The van der Waals surface area contributed by atoms with Crippen molar-refractivity contribution in [3.05, 3.63) is 29.5 Å². The van der Waals surface area contributed by atoms with Gasteiger partial charge in [-0.15, -0.1) is 13.2 Å². The number of esters is 1. The van der Waals surface area contributed by atoms with Gasteiger partial charge in [-0.05, 0) is 31.0 Å². The van der Waals surface area contributed by atoms with Crippen molar-refractivity contribution in [2.75, 3.05) is 7.11 Å². The lowest BCUT2D eigenvalue weighted by molar-refractivity contribution is -0.274. The van der Waals surface area contributed by atoms with E-state index in [2.05, 4.69) is 4.74 Å². The van der Waals surface area contributed by atoms with Gasteiger partial charge in [0, 0.05) is 23.1 Å². The topological polar surface area (TPSA) is 40.5 Å². The summed E-state index contributed by atoms with van der Waals surface area (Å²) in [5.74, 6) is -0.885. The summed E-state index contributed by atoms with van der Waals surface area (Å²) in [5.41, 5.74) is 1.86. The fraction of sp³-hybridized carbons (Fsp3) is 0.357. The second kappa shape index (κ2) is 4.68. The van der Waals surface area contributed by atoms with Crippen LogP contribution in [0.15, 0.2) is 18.2 Å². The molecule has 0 saturated carbocycles. The van der Waals surface area contributed by atoms with Gasteiger partial charge in [0.2, 0.25) is 0 Å². The summed E-state index contributed by atoms with van der Waals surface area (Å²) in [6.45, 7) is 0.738. The van der Waals surface area contributed by atoms with Gasteiger partial charge in [-0.3, -0.25) is 0 Å². The van der Waals surface area contributed by atoms with Crippen molar-refractivity contribution in [3.63, 3.8) is 0 Å². The van der Waals surface area contributed by atoms with Crippen LogP contribution < -0.4 is 4.74 Å². The molecule has 2 heterocycles. The van der Waals surface area contributed by atoms with Crippen LogP contribution >= 0.6 is 0 Å². The molecule has 0 unspecified atom stereocenters. The van der Waals surface area contributed by atoms with Gasteiger partial charge in [0.15, 0.2) is 0 Å². The lowest BCUT2D eigenvalue weighted by Crippen LogP contribution is -2.17. The van der Waals surface area contributed by atoms with E-state index in [0.717, 1.165) is 24.2 Å². The van der Waals surface area contributed by atoms with E-state index in [4.69, 9.17) is 4.74 Å². The van der Waals surface area contributed by atoms with Crippen molar-refractivity contribution < 1.29 is 27.4 Å². The number of nitrogens with zero attached hydrogens (tertiary/aromatic N) is 1. The molecular formula is C14H12F3NO3. The first-order valence-corrected chi connectivity index (χ1v) is 6.40. The molecule has 3 rings (SSSR count). The Bertz CT molecular complexity index is 718. The Morgan fingerprint density at radius 3 is 2.76 bits per heavy atom. The first-order chi connectivity index (χ1) is 9.90. The molecule has 1 aromatic heterocycles. The summed E-state index contributed by atoms with van der Waals surface area (Å²) in [4.78, 5) is 11.9. The first kappa shape index (κ1) is 13.8. The number of aromatic nitrogens is 1. The summed E-state index contributed by atoms with van der Waals surface area (Å²) in [5, 5.41) is 0.429. The number of carbonyl (C=O) groups is 1. The fourth-order valence-corrected chi connectivity index (χ4v) is 2.83. The van der Waals surface area contributed by atoms with E-state index in [1.807, 2.05) is 4.57 Å². The van der Waals surface area contributed by atoms with Crippen molar-refractivity contribution in [3.8, 4) is 5.75 Å². The first-order valence-electron chi connectivity index (χ1n) is 6.40. The summed E-state index contributed by atoms with van der Waals surface area (Å²) < 4.78 is 47.5. The van der Waals surface area contributed by atoms with Crippen molar-refractivity contribution in [2.45, 2.75) is 25.7 Å². The van der Waals surface area contributed by atoms with Crippen LogP contribution in [0.2, 0.25) is 0 Å². The Hall–Kier alpha value is -2.18. The number of methoxy groups -OCH3 is 1. The molecule has 1 aliphatic rings. The quantitative estimate of drug-likeness (QED) is 0.799. The number of fused-ring (bicyclic) bond motifs is 3. The third-order valence-corrected chi connectivity index (χ3v) is 3.56. The average Bonchev–Trinajstić information content (AvgIpc) is 2.95. The average molecular weight is 299 g/mol. The highest BCUT2D eigenvalue weighted by Gasteiger charge is 2.32. The highest BCUT2D eigenvalue weighted by molar-refractivity contribution is 6.06. The van der Waals surface area contributed by atoms with Gasteiger partial charge in [0.05, 0.1) is 12.7 Å². The van der Waals surface area contributed by atoms with Gasteiger partial charge in [-0.1, -0.05) is 0 Å². The molecule has 7 heteroatoms. The number of halogens is 3. The second-order valence-corrected chi connectivity index (χ2v) is 4.80. The Morgan fingerprint density at radius 1 is 1.33 bits per heavy atom. The fourth-order valence-electron chi connectivity index (χ4n) is 2.83. The molecule has 2 aromatic rings. The van der Waals surface area contributed by atoms with E-state index in [1.165, 1.54) is 25.3 Å². The number of ether oxygens (including phenoxy) is 2. The molecule has 0 N–H and O–H groups in total. The molecule has 21 heavy (non-hydrogen) atoms.